The zero-order valence-electron chi connectivity index (χ0n) is 17.1. The second-order valence-corrected chi connectivity index (χ2v) is 8.52. The Hall–Kier alpha value is -3.15. The minimum atomic E-state index is -3.90. The van der Waals surface area contributed by atoms with Crippen LogP contribution in [-0.2, 0) is 14.8 Å². The van der Waals surface area contributed by atoms with Crippen LogP contribution in [0.1, 0.15) is 20.7 Å². The largest absolute Gasteiger partial charge is 0.495 e. The minimum Gasteiger partial charge on any atom is -0.495 e. The van der Waals surface area contributed by atoms with Gasteiger partial charge in [-0.2, -0.15) is 4.31 Å². The molecular formula is C20H23N3O7S. The molecule has 3 N–H and O–H groups in total. The minimum absolute atomic E-state index is 0.0826. The summed E-state index contributed by atoms with van der Waals surface area (Å²) in [6.45, 7) is 0.994. The zero-order chi connectivity index (χ0) is 22.6. The van der Waals surface area contributed by atoms with Crippen LogP contribution in [-0.4, -0.2) is 65.1 Å². The van der Waals surface area contributed by atoms with Crippen LogP contribution < -0.4 is 20.5 Å². The van der Waals surface area contributed by atoms with Crippen molar-refractivity contribution in [1.82, 2.24) is 4.31 Å². The van der Waals surface area contributed by atoms with Crippen molar-refractivity contribution in [1.29, 1.82) is 0 Å². The molecule has 2 aromatic carbocycles. The number of amides is 2. The Kier molecular flexibility index (Phi) is 6.78. The van der Waals surface area contributed by atoms with Crippen molar-refractivity contribution < 1.29 is 32.2 Å². The molecule has 1 fully saturated rings. The molecule has 0 radical (unpaired) electrons. The third-order valence-corrected chi connectivity index (χ3v) is 6.67. The van der Waals surface area contributed by atoms with Crippen LogP contribution in [0.2, 0.25) is 0 Å². The predicted molar refractivity (Wildman–Crippen MR) is 112 cm³/mol. The van der Waals surface area contributed by atoms with E-state index in [1.807, 2.05) is 0 Å². The number of hydrogen-bond acceptors (Lipinski definition) is 7. The summed E-state index contributed by atoms with van der Waals surface area (Å²) in [5, 5.41) is 2.63. The molecular weight excluding hydrogens is 426 g/mol. The van der Waals surface area contributed by atoms with E-state index in [0.29, 0.717) is 5.75 Å². The van der Waals surface area contributed by atoms with Crippen LogP contribution in [0.15, 0.2) is 41.3 Å². The smallest absolute Gasteiger partial charge is 0.255 e. The third kappa shape index (κ3) is 4.79. The number of rotatable bonds is 7. The molecule has 0 bridgehead atoms. The van der Waals surface area contributed by atoms with Gasteiger partial charge in [-0.3, -0.25) is 9.59 Å². The number of hydrogen-bond donors (Lipinski definition) is 2. The van der Waals surface area contributed by atoms with Crippen LogP contribution >= 0.6 is 0 Å². The van der Waals surface area contributed by atoms with Gasteiger partial charge < -0.3 is 25.3 Å². The zero-order valence-corrected chi connectivity index (χ0v) is 17.9. The van der Waals surface area contributed by atoms with Crippen LogP contribution in [0.3, 0.4) is 0 Å². The van der Waals surface area contributed by atoms with E-state index in [4.69, 9.17) is 19.9 Å². The molecule has 0 unspecified atom stereocenters. The van der Waals surface area contributed by atoms with Crippen molar-refractivity contribution in [3.05, 3.63) is 47.5 Å². The molecule has 1 heterocycles. The Morgan fingerprint density at radius 2 is 1.61 bits per heavy atom. The maximum atomic E-state index is 13.1. The fraction of sp³-hybridized carbons (Fsp3) is 0.300. The average Bonchev–Trinajstić information content (AvgIpc) is 2.79. The van der Waals surface area contributed by atoms with Crippen LogP contribution in [0.4, 0.5) is 5.69 Å². The quantitative estimate of drug-likeness (QED) is 0.645. The molecule has 0 spiro atoms. The topological polar surface area (TPSA) is 137 Å². The molecule has 11 heteroatoms. The van der Waals surface area contributed by atoms with Crippen molar-refractivity contribution in [2.45, 2.75) is 4.90 Å². The number of carbonyl (C=O) groups is 2. The number of nitrogens with one attached hydrogen (secondary N) is 1. The molecule has 31 heavy (non-hydrogen) atoms. The normalized spacial score (nSPS) is 14.6. The molecule has 0 atom stereocenters. The van der Waals surface area contributed by atoms with E-state index in [2.05, 4.69) is 5.32 Å². The Bertz CT molecular complexity index is 1100. The first-order valence-corrected chi connectivity index (χ1v) is 10.8. The number of anilines is 1. The summed E-state index contributed by atoms with van der Waals surface area (Å²) in [6.07, 6.45) is 0. The van der Waals surface area contributed by atoms with Crippen LogP contribution in [0, 0.1) is 0 Å². The monoisotopic (exact) mass is 449 g/mol. The fourth-order valence-electron chi connectivity index (χ4n) is 3.10. The fourth-order valence-corrected chi connectivity index (χ4v) is 4.69. The van der Waals surface area contributed by atoms with Gasteiger partial charge in [-0.15, -0.1) is 0 Å². The molecule has 0 aliphatic carbocycles. The summed E-state index contributed by atoms with van der Waals surface area (Å²) in [4.78, 5) is 24.2. The van der Waals surface area contributed by atoms with Gasteiger partial charge in [-0.25, -0.2) is 8.42 Å². The van der Waals surface area contributed by atoms with Gasteiger partial charge in [0.2, 0.25) is 15.9 Å². The van der Waals surface area contributed by atoms with E-state index >= 15 is 0 Å². The van der Waals surface area contributed by atoms with Crippen molar-refractivity contribution in [3.8, 4) is 11.5 Å². The second kappa shape index (κ2) is 9.33. The van der Waals surface area contributed by atoms with Gasteiger partial charge in [-0.05, 0) is 36.4 Å². The summed E-state index contributed by atoms with van der Waals surface area (Å²) in [5.41, 5.74) is 5.78. The lowest BCUT2D eigenvalue weighted by atomic mass is 10.1. The molecule has 1 aliphatic rings. The summed E-state index contributed by atoms with van der Waals surface area (Å²) >= 11 is 0. The molecule has 1 aliphatic heterocycles. The van der Waals surface area contributed by atoms with Crippen molar-refractivity contribution in [2.24, 2.45) is 5.73 Å². The van der Waals surface area contributed by atoms with Gasteiger partial charge in [0, 0.05) is 24.2 Å². The summed E-state index contributed by atoms with van der Waals surface area (Å²) in [5.74, 6) is -0.827. The van der Waals surface area contributed by atoms with E-state index < -0.39 is 21.8 Å². The first-order chi connectivity index (χ1) is 14.8. The number of carbonyl (C=O) groups excluding carboxylic acids is 2. The third-order valence-electron chi connectivity index (χ3n) is 4.75. The molecule has 166 valence electrons. The van der Waals surface area contributed by atoms with Crippen LogP contribution in [0.5, 0.6) is 11.5 Å². The number of nitrogens with zero attached hydrogens (tertiary/aromatic N) is 1. The molecule has 0 aromatic heterocycles. The number of ether oxygens (including phenoxy) is 3. The lowest BCUT2D eigenvalue weighted by Gasteiger charge is -2.26. The van der Waals surface area contributed by atoms with E-state index in [1.165, 1.54) is 54.9 Å². The van der Waals surface area contributed by atoms with Gasteiger partial charge in [-0.1, -0.05) is 0 Å². The number of morpholine rings is 1. The standard InChI is InChI=1S/C20H23N3O7S/c1-28-16-5-3-13(19(21)24)11-15(16)22-20(25)14-4-6-17(29-2)18(12-14)31(26,27)23-7-9-30-10-8-23/h3-6,11-12H,7-10H2,1-2H3,(H2,21,24)(H,22,25). The number of nitrogens with two attached hydrogens (primary N) is 1. The summed E-state index contributed by atoms with van der Waals surface area (Å²) < 4.78 is 43.1. The number of sulfonamides is 1. The molecule has 3 rings (SSSR count). The van der Waals surface area contributed by atoms with Crippen molar-refractivity contribution in [2.75, 3.05) is 45.8 Å². The second-order valence-electron chi connectivity index (χ2n) is 6.62. The predicted octanol–water partition coefficient (Wildman–Crippen LogP) is 1.08. The number of methoxy groups -OCH3 is 2. The molecule has 2 aromatic rings. The van der Waals surface area contributed by atoms with Crippen LogP contribution in [0.25, 0.3) is 0 Å². The molecule has 10 nitrogen and oxygen atoms in total. The van der Waals surface area contributed by atoms with Gasteiger partial charge in [0.25, 0.3) is 5.91 Å². The van der Waals surface area contributed by atoms with E-state index in [1.54, 1.807) is 0 Å². The number of benzene rings is 2. The summed E-state index contributed by atoms with van der Waals surface area (Å²) in [7, 11) is -1.14. The highest BCUT2D eigenvalue weighted by Gasteiger charge is 2.30. The van der Waals surface area contributed by atoms with Gasteiger partial charge >= 0.3 is 0 Å². The average molecular weight is 449 g/mol. The lowest BCUT2D eigenvalue weighted by Crippen LogP contribution is -2.40. The van der Waals surface area contributed by atoms with E-state index in [0.717, 1.165) is 0 Å². The maximum Gasteiger partial charge on any atom is 0.255 e. The Labute approximate surface area is 179 Å². The maximum absolute atomic E-state index is 13.1. The van der Waals surface area contributed by atoms with E-state index in [9.17, 15) is 18.0 Å². The molecule has 1 saturated heterocycles. The lowest BCUT2D eigenvalue weighted by molar-refractivity contribution is 0.0729. The van der Waals surface area contributed by atoms with Gasteiger partial charge in [0.1, 0.15) is 16.4 Å². The van der Waals surface area contributed by atoms with Gasteiger partial charge in [0.15, 0.2) is 0 Å². The Morgan fingerprint density at radius 1 is 1.00 bits per heavy atom. The highest BCUT2D eigenvalue weighted by Crippen LogP contribution is 2.30. The highest BCUT2D eigenvalue weighted by atomic mass is 32.2. The molecule has 0 saturated carbocycles. The number of primary amides is 1. The van der Waals surface area contributed by atoms with Gasteiger partial charge in [0.05, 0.1) is 33.1 Å². The Morgan fingerprint density at radius 3 is 2.23 bits per heavy atom. The Balaban J connectivity index is 1.95. The first kappa shape index (κ1) is 22.5. The highest BCUT2D eigenvalue weighted by molar-refractivity contribution is 7.89. The SMILES string of the molecule is COc1ccc(C(N)=O)cc1NC(=O)c1ccc(OC)c(S(=O)(=O)N2CCOCC2)c1. The van der Waals surface area contributed by atoms with E-state index in [-0.39, 0.29) is 53.8 Å². The van der Waals surface area contributed by atoms with Crippen molar-refractivity contribution in [3.63, 3.8) is 0 Å². The molecule has 2 amide bonds. The summed E-state index contributed by atoms with van der Waals surface area (Å²) in [6, 6.07) is 8.46. The van der Waals surface area contributed by atoms with Crippen molar-refractivity contribution >= 4 is 27.5 Å². The first-order valence-electron chi connectivity index (χ1n) is 9.33.